The van der Waals surface area contributed by atoms with Crippen molar-refractivity contribution in [3.8, 4) is 0 Å². The van der Waals surface area contributed by atoms with Gasteiger partial charge in [-0.2, -0.15) is 0 Å². The Bertz CT molecular complexity index is 374. The number of nitrogens with zero attached hydrogens (tertiary/aromatic N) is 1. The van der Waals surface area contributed by atoms with Crippen LogP contribution in [0.25, 0.3) is 0 Å². The summed E-state index contributed by atoms with van der Waals surface area (Å²) in [5, 5.41) is 0. The van der Waals surface area contributed by atoms with Crippen molar-refractivity contribution in [2.24, 2.45) is 0 Å². The molecule has 0 radical (unpaired) electrons. The zero-order valence-corrected chi connectivity index (χ0v) is 8.59. The van der Waals surface area contributed by atoms with Crippen LogP contribution >= 0.6 is 0 Å². The molecule has 0 bridgehead atoms. The second-order valence-electron chi connectivity index (χ2n) is 3.85. The quantitative estimate of drug-likeness (QED) is 0.677. The Morgan fingerprint density at radius 1 is 1.33 bits per heavy atom. The number of benzene rings is 1. The molecule has 1 amide bonds. The molecule has 78 valence electrons. The van der Waals surface area contributed by atoms with Gasteiger partial charge in [-0.25, -0.2) is 0 Å². The second kappa shape index (κ2) is 3.85. The van der Waals surface area contributed by atoms with Crippen molar-refractivity contribution >= 4 is 12.2 Å². The van der Waals surface area contributed by atoms with Gasteiger partial charge in [0.25, 0.3) is 0 Å². The highest BCUT2D eigenvalue weighted by molar-refractivity contribution is 5.85. The summed E-state index contributed by atoms with van der Waals surface area (Å²) in [6.07, 6.45) is 1.30. The average Bonchev–Trinajstić information content (AvgIpc) is 2.56. The maximum Gasteiger partial charge on any atom is 0.223 e. The van der Waals surface area contributed by atoms with Crippen LogP contribution in [-0.4, -0.2) is 30.2 Å². The maximum absolute atomic E-state index is 11.5. The monoisotopic (exact) mass is 203 g/mol. The lowest BCUT2D eigenvalue weighted by Gasteiger charge is -2.19. The predicted octanol–water partition coefficient (Wildman–Crippen LogP) is 1.20. The van der Waals surface area contributed by atoms with Gasteiger partial charge in [-0.1, -0.05) is 30.3 Å². The van der Waals surface area contributed by atoms with Crippen LogP contribution < -0.4 is 0 Å². The smallest absolute Gasteiger partial charge is 0.223 e. The third-order valence-electron chi connectivity index (χ3n) is 3.01. The topological polar surface area (TPSA) is 37.4 Å². The first kappa shape index (κ1) is 9.90. The standard InChI is InChI=1S/C12H13NO2/c1-13-11(8-14)10(7-12(13)15)9-5-3-2-4-6-9/h2-6,8,10-11H,7H2,1H3/t10-,11-/m1/s1. The lowest BCUT2D eigenvalue weighted by Crippen LogP contribution is -2.32. The van der Waals surface area contributed by atoms with Crippen LogP contribution in [0.15, 0.2) is 30.3 Å². The number of hydrogen-bond donors (Lipinski definition) is 0. The molecule has 1 heterocycles. The summed E-state index contributed by atoms with van der Waals surface area (Å²) in [6, 6.07) is 9.42. The molecular weight excluding hydrogens is 190 g/mol. The zero-order valence-electron chi connectivity index (χ0n) is 8.59. The van der Waals surface area contributed by atoms with E-state index in [1.807, 2.05) is 30.3 Å². The van der Waals surface area contributed by atoms with E-state index in [-0.39, 0.29) is 17.9 Å². The Balaban J connectivity index is 2.31. The van der Waals surface area contributed by atoms with Crippen molar-refractivity contribution in [3.63, 3.8) is 0 Å². The molecule has 1 saturated heterocycles. The molecule has 0 spiro atoms. The highest BCUT2D eigenvalue weighted by Gasteiger charge is 2.37. The SMILES string of the molecule is CN1C(=O)C[C@H](c2ccccc2)[C@H]1C=O. The summed E-state index contributed by atoms with van der Waals surface area (Å²) in [6.45, 7) is 0. The maximum atomic E-state index is 11.5. The number of rotatable bonds is 2. The van der Waals surface area contributed by atoms with Gasteiger partial charge in [0.1, 0.15) is 6.29 Å². The van der Waals surface area contributed by atoms with Crippen LogP contribution in [0.3, 0.4) is 0 Å². The van der Waals surface area contributed by atoms with Crippen molar-refractivity contribution in [2.45, 2.75) is 18.4 Å². The summed E-state index contributed by atoms with van der Waals surface area (Å²) in [5.74, 6) is 0.0575. The Morgan fingerprint density at radius 3 is 2.60 bits per heavy atom. The molecule has 1 aliphatic heterocycles. The third kappa shape index (κ3) is 1.65. The molecule has 1 aromatic rings. The van der Waals surface area contributed by atoms with Crippen molar-refractivity contribution in [1.29, 1.82) is 0 Å². The molecule has 15 heavy (non-hydrogen) atoms. The van der Waals surface area contributed by atoms with Gasteiger partial charge < -0.3 is 9.69 Å². The van der Waals surface area contributed by atoms with Crippen LogP contribution in [-0.2, 0) is 9.59 Å². The molecule has 3 nitrogen and oxygen atoms in total. The molecule has 0 N–H and O–H groups in total. The number of amides is 1. The van der Waals surface area contributed by atoms with Crippen molar-refractivity contribution < 1.29 is 9.59 Å². The molecule has 0 saturated carbocycles. The van der Waals surface area contributed by atoms with Gasteiger partial charge in [0.15, 0.2) is 0 Å². The highest BCUT2D eigenvalue weighted by atomic mass is 16.2. The molecule has 0 aliphatic carbocycles. The number of aldehydes is 1. The molecular formula is C12H13NO2. The summed E-state index contributed by atoms with van der Waals surface area (Å²) >= 11 is 0. The molecule has 0 aromatic heterocycles. The minimum absolute atomic E-state index is 0.0150. The van der Waals surface area contributed by atoms with E-state index in [4.69, 9.17) is 0 Å². The Morgan fingerprint density at radius 2 is 2.00 bits per heavy atom. The van der Waals surface area contributed by atoms with E-state index in [2.05, 4.69) is 0 Å². The molecule has 3 heteroatoms. The Kier molecular flexibility index (Phi) is 2.54. The van der Waals surface area contributed by atoms with E-state index >= 15 is 0 Å². The van der Waals surface area contributed by atoms with E-state index in [9.17, 15) is 9.59 Å². The summed E-state index contributed by atoms with van der Waals surface area (Å²) in [5.41, 5.74) is 1.06. The summed E-state index contributed by atoms with van der Waals surface area (Å²) in [4.78, 5) is 24.0. The van der Waals surface area contributed by atoms with E-state index in [0.717, 1.165) is 11.8 Å². The van der Waals surface area contributed by atoms with Gasteiger partial charge in [-0.15, -0.1) is 0 Å². The minimum Gasteiger partial charge on any atom is -0.335 e. The minimum atomic E-state index is -0.306. The van der Waals surface area contributed by atoms with E-state index in [1.54, 1.807) is 7.05 Å². The number of hydrogen-bond acceptors (Lipinski definition) is 2. The third-order valence-corrected chi connectivity index (χ3v) is 3.01. The van der Waals surface area contributed by atoms with Gasteiger partial charge in [0.2, 0.25) is 5.91 Å². The molecule has 1 aliphatic rings. The van der Waals surface area contributed by atoms with Crippen LogP contribution in [0.4, 0.5) is 0 Å². The molecule has 1 fully saturated rings. The number of likely N-dealkylation sites (N-methyl/N-ethyl adjacent to an activating group) is 1. The first-order valence-corrected chi connectivity index (χ1v) is 5.00. The van der Waals surface area contributed by atoms with Gasteiger partial charge in [-0.05, 0) is 5.56 Å². The van der Waals surface area contributed by atoms with Crippen molar-refractivity contribution in [2.75, 3.05) is 7.05 Å². The summed E-state index contributed by atoms with van der Waals surface area (Å²) < 4.78 is 0. The zero-order chi connectivity index (χ0) is 10.8. The van der Waals surface area contributed by atoms with Gasteiger partial charge >= 0.3 is 0 Å². The van der Waals surface area contributed by atoms with E-state index in [0.29, 0.717) is 6.42 Å². The lowest BCUT2D eigenvalue weighted by molar-refractivity contribution is -0.129. The number of carbonyl (C=O) groups excluding carboxylic acids is 2. The van der Waals surface area contributed by atoms with E-state index in [1.165, 1.54) is 4.90 Å². The first-order valence-electron chi connectivity index (χ1n) is 5.00. The fraction of sp³-hybridized carbons (Fsp3) is 0.333. The second-order valence-corrected chi connectivity index (χ2v) is 3.85. The normalized spacial score (nSPS) is 25.7. The lowest BCUT2D eigenvalue weighted by atomic mass is 9.92. The highest BCUT2D eigenvalue weighted by Crippen LogP contribution is 2.31. The molecule has 2 atom stereocenters. The van der Waals surface area contributed by atoms with Crippen LogP contribution in [0.5, 0.6) is 0 Å². The van der Waals surface area contributed by atoms with Crippen LogP contribution in [0.2, 0.25) is 0 Å². The largest absolute Gasteiger partial charge is 0.335 e. The van der Waals surface area contributed by atoms with Crippen LogP contribution in [0.1, 0.15) is 17.9 Å². The van der Waals surface area contributed by atoms with Crippen LogP contribution in [0, 0.1) is 0 Å². The van der Waals surface area contributed by atoms with Gasteiger partial charge in [0.05, 0.1) is 6.04 Å². The fourth-order valence-corrected chi connectivity index (χ4v) is 2.09. The van der Waals surface area contributed by atoms with Gasteiger partial charge in [0, 0.05) is 19.4 Å². The molecule has 1 aromatic carbocycles. The fourth-order valence-electron chi connectivity index (χ4n) is 2.09. The molecule has 2 rings (SSSR count). The summed E-state index contributed by atoms with van der Waals surface area (Å²) in [7, 11) is 1.68. The Hall–Kier alpha value is -1.64. The predicted molar refractivity (Wildman–Crippen MR) is 56.4 cm³/mol. The van der Waals surface area contributed by atoms with Crippen molar-refractivity contribution in [1.82, 2.24) is 4.90 Å². The van der Waals surface area contributed by atoms with Gasteiger partial charge in [-0.3, -0.25) is 4.79 Å². The molecule has 0 unspecified atom stereocenters. The number of likely N-dealkylation sites (tertiary alicyclic amines) is 1. The number of carbonyl (C=O) groups is 2. The van der Waals surface area contributed by atoms with E-state index < -0.39 is 0 Å². The average molecular weight is 203 g/mol. The Labute approximate surface area is 88.7 Å². The van der Waals surface area contributed by atoms with Crippen molar-refractivity contribution in [3.05, 3.63) is 35.9 Å². The first-order chi connectivity index (χ1) is 7.24.